The second-order valence-electron chi connectivity index (χ2n) is 3.55. The summed E-state index contributed by atoms with van der Waals surface area (Å²) in [7, 11) is 0. The van der Waals surface area contributed by atoms with Gasteiger partial charge in [-0.05, 0) is 30.2 Å². The predicted molar refractivity (Wildman–Crippen MR) is 65.4 cm³/mol. The van der Waals surface area contributed by atoms with Crippen LogP contribution in [0.4, 0.5) is 5.82 Å². The van der Waals surface area contributed by atoms with E-state index >= 15 is 0 Å². The van der Waals surface area contributed by atoms with Crippen LogP contribution in [0.25, 0.3) is 0 Å². The van der Waals surface area contributed by atoms with Gasteiger partial charge < -0.3 is 5.32 Å². The van der Waals surface area contributed by atoms with E-state index < -0.39 is 0 Å². The van der Waals surface area contributed by atoms with E-state index in [2.05, 4.69) is 21.4 Å². The van der Waals surface area contributed by atoms with Crippen molar-refractivity contribution in [2.75, 3.05) is 11.9 Å². The molecule has 84 valence electrons. The van der Waals surface area contributed by atoms with E-state index in [1.807, 2.05) is 18.3 Å². The Bertz CT molecular complexity index is 516. The van der Waals surface area contributed by atoms with Crippen molar-refractivity contribution in [2.45, 2.75) is 6.42 Å². The van der Waals surface area contributed by atoms with Crippen LogP contribution in [0.5, 0.6) is 0 Å². The van der Waals surface area contributed by atoms with Gasteiger partial charge in [0, 0.05) is 25.1 Å². The molecule has 0 bridgehead atoms. The van der Waals surface area contributed by atoms with E-state index in [0.29, 0.717) is 11.4 Å². The highest BCUT2D eigenvalue weighted by molar-refractivity contribution is 5.51. The molecule has 0 atom stereocenters. The predicted octanol–water partition coefficient (Wildman–Crippen LogP) is 2.00. The first-order valence-electron chi connectivity index (χ1n) is 5.38. The molecule has 0 fully saturated rings. The average molecular weight is 224 g/mol. The van der Waals surface area contributed by atoms with Crippen LogP contribution < -0.4 is 5.32 Å². The molecule has 0 spiro atoms. The molecule has 2 rings (SSSR count). The maximum Gasteiger partial charge on any atom is 0.143 e. The maximum atomic E-state index is 8.89. The number of nitrogens with zero attached hydrogens (tertiary/aromatic N) is 3. The van der Waals surface area contributed by atoms with Crippen LogP contribution >= 0.6 is 0 Å². The smallest absolute Gasteiger partial charge is 0.143 e. The van der Waals surface area contributed by atoms with Crippen molar-refractivity contribution in [1.29, 1.82) is 5.26 Å². The molecule has 0 aromatic carbocycles. The van der Waals surface area contributed by atoms with Gasteiger partial charge >= 0.3 is 0 Å². The van der Waals surface area contributed by atoms with Gasteiger partial charge in [0.15, 0.2) is 0 Å². The minimum Gasteiger partial charge on any atom is -0.369 e. The molecule has 4 heteroatoms. The Labute approximate surface area is 100.0 Å². The van der Waals surface area contributed by atoms with Crippen molar-refractivity contribution >= 4 is 5.82 Å². The molecule has 0 aliphatic carbocycles. The molecule has 0 radical (unpaired) electrons. The van der Waals surface area contributed by atoms with E-state index in [1.165, 1.54) is 0 Å². The maximum absolute atomic E-state index is 8.89. The van der Waals surface area contributed by atoms with Crippen LogP contribution in [0.1, 0.15) is 11.1 Å². The number of nitrogens with one attached hydrogen (secondary N) is 1. The molecule has 17 heavy (non-hydrogen) atoms. The Kier molecular flexibility index (Phi) is 3.66. The highest BCUT2D eigenvalue weighted by Gasteiger charge is 2.00. The highest BCUT2D eigenvalue weighted by atomic mass is 15.0. The van der Waals surface area contributed by atoms with Crippen molar-refractivity contribution in [1.82, 2.24) is 9.97 Å². The average Bonchev–Trinajstić information content (AvgIpc) is 2.40. The van der Waals surface area contributed by atoms with Gasteiger partial charge in [-0.1, -0.05) is 6.07 Å². The van der Waals surface area contributed by atoms with E-state index in [-0.39, 0.29) is 0 Å². The van der Waals surface area contributed by atoms with Gasteiger partial charge in [0.25, 0.3) is 0 Å². The van der Waals surface area contributed by atoms with E-state index in [4.69, 9.17) is 5.26 Å². The zero-order valence-corrected chi connectivity index (χ0v) is 9.30. The summed E-state index contributed by atoms with van der Waals surface area (Å²) < 4.78 is 0. The van der Waals surface area contributed by atoms with E-state index in [0.717, 1.165) is 18.5 Å². The van der Waals surface area contributed by atoms with Crippen LogP contribution in [-0.4, -0.2) is 16.5 Å². The number of anilines is 1. The molecule has 0 saturated carbocycles. The molecule has 2 aromatic heterocycles. The summed E-state index contributed by atoms with van der Waals surface area (Å²) in [6, 6.07) is 9.55. The lowest BCUT2D eigenvalue weighted by Crippen LogP contribution is -2.07. The second-order valence-corrected chi connectivity index (χ2v) is 3.55. The Balaban J connectivity index is 1.93. The van der Waals surface area contributed by atoms with Gasteiger partial charge in [-0.15, -0.1) is 0 Å². The minimum absolute atomic E-state index is 0.568. The van der Waals surface area contributed by atoms with Gasteiger partial charge in [0.2, 0.25) is 0 Å². The molecular weight excluding hydrogens is 212 g/mol. The number of hydrogen-bond donors (Lipinski definition) is 1. The molecule has 0 aliphatic heterocycles. The third-order valence-corrected chi connectivity index (χ3v) is 2.36. The summed E-state index contributed by atoms with van der Waals surface area (Å²) in [4.78, 5) is 8.18. The molecule has 0 aliphatic rings. The van der Waals surface area contributed by atoms with Gasteiger partial charge in [-0.2, -0.15) is 5.26 Å². The fourth-order valence-corrected chi connectivity index (χ4v) is 1.51. The zero-order chi connectivity index (χ0) is 11.9. The molecule has 0 unspecified atom stereocenters. The van der Waals surface area contributed by atoms with Crippen molar-refractivity contribution in [3.8, 4) is 6.07 Å². The molecule has 0 saturated heterocycles. The third-order valence-electron chi connectivity index (χ3n) is 2.36. The molecule has 1 N–H and O–H groups in total. The van der Waals surface area contributed by atoms with Crippen molar-refractivity contribution in [3.63, 3.8) is 0 Å². The minimum atomic E-state index is 0.568. The topological polar surface area (TPSA) is 61.6 Å². The van der Waals surface area contributed by atoms with Crippen LogP contribution in [0.15, 0.2) is 42.9 Å². The third kappa shape index (κ3) is 3.02. The second kappa shape index (κ2) is 5.61. The SMILES string of the molecule is N#Cc1cccnc1NCCc1cccnc1. The fourth-order valence-electron chi connectivity index (χ4n) is 1.51. The van der Waals surface area contributed by atoms with Crippen LogP contribution in [0.2, 0.25) is 0 Å². The number of aromatic nitrogens is 2. The van der Waals surface area contributed by atoms with Crippen LogP contribution in [0.3, 0.4) is 0 Å². The monoisotopic (exact) mass is 224 g/mol. The standard InChI is InChI=1S/C13H12N4/c14-9-12-4-2-7-16-13(12)17-8-5-11-3-1-6-15-10-11/h1-4,6-7,10H,5,8H2,(H,16,17). The van der Waals surface area contributed by atoms with Crippen molar-refractivity contribution in [3.05, 3.63) is 54.0 Å². The summed E-state index contributed by atoms with van der Waals surface area (Å²) in [5.74, 6) is 0.638. The fraction of sp³-hybridized carbons (Fsp3) is 0.154. The quantitative estimate of drug-likeness (QED) is 0.862. The van der Waals surface area contributed by atoms with Gasteiger partial charge in [-0.3, -0.25) is 4.98 Å². The van der Waals surface area contributed by atoms with Crippen LogP contribution in [0, 0.1) is 11.3 Å². The Morgan fingerprint density at radius 3 is 2.88 bits per heavy atom. The number of rotatable bonds is 4. The lowest BCUT2D eigenvalue weighted by Gasteiger charge is -2.06. The lowest BCUT2D eigenvalue weighted by molar-refractivity contribution is 0.992. The number of nitriles is 1. The number of hydrogen-bond acceptors (Lipinski definition) is 4. The molecule has 2 aromatic rings. The first kappa shape index (κ1) is 11.1. The van der Waals surface area contributed by atoms with E-state index in [1.54, 1.807) is 24.5 Å². The van der Waals surface area contributed by atoms with Crippen molar-refractivity contribution in [2.24, 2.45) is 0 Å². The highest BCUT2D eigenvalue weighted by Crippen LogP contribution is 2.09. The van der Waals surface area contributed by atoms with Gasteiger partial charge in [0.05, 0.1) is 5.56 Å². The summed E-state index contributed by atoms with van der Waals surface area (Å²) >= 11 is 0. The Hall–Kier alpha value is -2.41. The Morgan fingerprint density at radius 2 is 2.12 bits per heavy atom. The molecular formula is C13H12N4. The molecule has 2 heterocycles. The summed E-state index contributed by atoms with van der Waals surface area (Å²) in [6.07, 6.45) is 6.12. The van der Waals surface area contributed by atoms with Crippen LogP contribution in [-0.2, 0) is 6.42 Å². The largest absolute Gasteiger partial charge is 0.369 e. The van der Waals surface area contributed by atoms with E-state index in [9.17, 15) is 0 Å². The molecule has 4 nitrogen and oxygen atoms in total. The van der Waals surface area contributed by atoms with Gasteiger partial charge in [0.1, 0.15) is 11.9 Å². The Morgan fingerprint density at radius 1 is 1.24 bits per heavy atom. The summed E-state index contributed by atoms with van der Waals surface area (Å²) in [5, 5.41) is 12.0. The summed E-state index contributed by atoms with van der Waals surface area (Å²) in [6.45, 7) is 0.734. The first-order chi connectivity index (χ1) is 8.40. The summed E-state index contributed by atoms with van der Waals surface area (Å²) in [5.41, 5.74) is 1.73. The first-order valence-corrected chi connectivity index (χ1v) is 5.38. The lowest BCUT2D eigenvalue weighted by atomic mass is 10.2. The normalized spacial score (nSPS) is 9.59. The zero-order valence-electron chi connectivity index (χ0n) is 9.30. The van der Waals surface area contributed by atoms with Crippen molar-refractivity contribution < 1.29 is 0 Å². The van der Waals surface area contributed by atoms with Gasteiger partial charge in [-0.25, -0.2) is 4.98 Å². The number of pyridine rings is 2. The molecule has 0 amide bonds.